The standard InChI is InChI=1S/C11H21N3O2/c12-10(15)6-3-7-13-11(16)8-14-9-4-1-2-5-9/h9,14H,1-8H2,(H2,12,15)(H,13,16). The monoisotopic (exact) mass is 227 g/mol. The van der Waals surface area contributed by atoms with Crippen LogP contribution in [0.3, 0.4) is 0 Å². The largest absolute Gasteiger partial charge is 0.370 e. The van der Waals surface area contributed by atoms with Crippen molar-refractivity contribution >= 4 is 11.8 Å². The van der Waals surface area contributed by atoms with Gasteiger partial charge in [0.05, 0.1) is 6.54 Å². The van der Waals surface area contributed by atoms with Gasteiger partial charge < -0.3 is 16.4 Å². The van der Waals surface area contributed by atoms with Gasteiger partial charge in [-0.05, 0) is 19.3 Å². The highest BCUT2D eigenvalue weighted by Gasteiger charge is 2.14. The first-order chi connectivity index (χ1) is 7.68. The molecule has 4 N–H and O–H groups in total. The van der Waals surface area contributed by atoms with E-state index in [9.17, 15) is 9.59 Å². The number of carbonyl (C=O) groups excluding carboxylic acids is 2. The summed E-state index contributed by atoms with van der Waals surface area (Å²) in [6, 6.07) is 0.511. The van der Waals surface area contributed by atoms with Crippen LogP contribution < -0.4 is 16.4 Å². The Bertz CT molecular complexity index is 237. The quantitative estimate of drug-likeness (QED) is 0.531. The molecule has 0 atom stereocenters. The van der Waals surface area contributed by atoms with Crippen molar-refractivity contribution in [2.24, 2.45) is 5.73 Å². The van der Waals surface area contributed by atoms with Crippen LogP contribution in [0.4, 0.5) is 0 Å². The molecule has 2 amide bonds. The molecule has 0 spiro atoms. The minimum atomic E-state index is -0.321. The molecule has 1 rings (SSSR count). The lowest BCUT2D eigenvalue weighted by Crippen LogP contribution is -2.38. The molecule has 0 aromatic carbocycles. The molecule has 1 fully saturated rings. The Kier molecular flexibility index (Phi) is 5.85. The van der Waals surface area contributed by atoms with E-state index in [1.807, 2.05) is 0 Å². The zero-order valence-corrected chi connectivity index (χ0v) is 9.63. The van der Waals surface area contributed by atoms with Gasteiger partial charge in [-0.15, -0.1) is 0 Å². The molecular weight excluding hydrogens is 206 g/mol. The van der Waals surface area contributed by atoms with Crippen LogP contribution in [0.1, 0.15) is 38.5 Å². The van der Waals surface area contributed by atoms with Crippen molar-refractivity contribution in [2.45, 2.75) is 44.6 Å². The maximum Gasteiger partial charge on any atom is 0.233 e. The Morgan fingerprint density at radius 2 is 1.94 bits per heavy atom. The maximum atomic E-state index is 11.4. The zero-order valence-electron chi connectivity index (χ0n) is 9.63. The van der Waals surface area contributed by atoms with Crippen molar-refractivity contribution < 1.29 is 9.59 Å². The number of nitrogens with one attached hydrogen (secondary N) is 2. The average molecular weight is 227 g/mol. The number of hydrogen-bond donors (Lipinski definition) is 3. The molecule has 0 aliphatic heterocycles. The molecule has 16 heavy (non-hydrogen) atoms. The van der Waals surface area contributed by atoms with Crippen molar-refractivity contribution in [3.8, 4) is 0 Å². The van der Waals surface area contributed by atoms with Crippen molar-refractivity contribution in [1.29, 1.82) is 0 Å². The van der Waals surface area contributed by atoms with E-state index in [4.69, 9.17) is 5.73 Å². The molecule has 5 nitrogen and oxygen atoms in total. The Hall–Kier alpha value is -1.10. The summed E-state index contributed by atoms with van der Waals surface area (Å²) in [7, 11) is 0. The van der Waals surface area contributed by atoms with E-state index < -0.39 is 0 Å². The van der Waals surface area contributed by atoms with E-state index in [1.165, 1.54) is 25.7 Å². The van der Waals surface area contributed by atoms with E-state index in [0.717, 1.165) is 0 Å². The minimum absolute atomic E-state index is 0.00336. The van der Waals surface area contributed by atoms with Crippen molar-refractivity contribution in [1.82, 2.24) is 10.6 Å². The normalized spacial score (nSPS) is 16.2. The van der Waals surface area contributed by atoms with Crippen LogP contribution in [-0.4, -0.2) is 30.9 Å². The third kappa shape index (κ3) is 5.70. The molecule has 92 valence electrons. The number of rotatable bonds is 7. The zero-order chi connectivity index (χ0) is 11.8. The van der Waals surface area contributed by atoms with Gasteiger partial charge in [0.15, 0.2) is 0 Å². The third-order valence-corrected chi connectivity index (χ3v) is 2.83. The lowest BCUT2D eigenvalue weighted by molar-refractivity contribution is -0.121. The summed E-state index contributed by atoms with van der Waals surface area (Å²) in [6.07, 6.45) is 5.82. The number of carbonyl (C=O) groups is 2. The Labute approximate surface area is 96.1 Å². The van der Waals surface area contributed by atoms with Crippen LogP contribution in [0.5, 0.6) is 0 Å². The molecule has 0 bridgehead atoms. The number of amides is 2. The first-order valence-electron chi connectivity index (χ1n) is 5.97. The Morgan fingerprint density at radius 3 is 2.56 bits per heavy atom. The fraction of sp³-hybridized carbons (Fsp3) is 0.818. The van der Waals surface area contributed by atoms with E-state index >= 15 is 0 Å². The van der Waals surface area contributed by atoms with Gasteiger partial charge in [0.25, 0.3) is 0 Å². The second-order valence-corrected chi connectivity index (χ2v) is 4.28. The number of hydrogen-bond acceptors (Lipinski definition) is 3. The number of primary amides is 1. The minimum Gasteiger partial charge on any atom is -0.370 e. The van der Waals surface area contributed by atoms with Crippen molar-refractivity contribution in [3.63, 3.8) is 0 Å². The van der Waals surface area contributed by atoms with Crippen molar-refractivity contribution in [2.75, 3.05) is 13.1 Å². The molecule has 1 aliphatic rings. The van der Waals surface area contributed by atoms with Crippen LogP contribution >= 0.6 is 0 Å². The maximum absolute atomic E-state index is 11.4. The predicted octanol–water partition coefficient (Wildman–Crippen LogP) is -0.0997. The van der Waals surface area contributed by atoms with Gasteiger partial charge in [0.1, 0.15) is 0 Å². The highest BCUT2D eigenvalue weighted by molar-refractivity contribution is 5.78. The highest BCUT2D eigenvalue weighted by atomic mass is 16.2. The van der Waals surface area contributed by atoms with E-state index in [2.05, 4.69) is 10.6 Å². The fourth-order valence-corrected chi connectivity index (χ4v) is 1.92. The summed E-state index contributed by atoms with van der Waals surface area (Å²) in [4.78, 5) is 21.8. The molecular formula is C11H21N3O2. The molecule has 5 heteroatoms. The van der Waals surface area contributed by atoms with Gasteiger partial charge in [-0.1, -0.05) is 12.8 Å². The molecule has 0 aromatic heterocycles. The smallest absolute Gasteiger partial charge is 0.233 e. The van der Waals surface area contributed by atoms with E-state index in [-0.39, 0.29) is 11.8 Å². The summed E-state index contributed by atoms with van der Waals surface area (Å²) in [5, 5.41) is 5.98. The van der Waals surface area contributed by atoms with Crippen LogP contribution in [0.15, 0.2) is 0 Å². The molecule has 0 aromatic rings. The van der Waals surface area contributed by atoms with Gasteiger partial charge in [-0.3, -0.25) is 9.59 Å². The molecule has 1 saturated carbocycles. The second kappa shape index (κ2) is 7.22. The SMILES string of the molecule is NC(=O)CCCNC(=O)CNC1CCCC1. The molecule has 0 saturated heterocycles. The predicted molar refractivity (Wildman–Crippen MR) is 61.7 cm³/mol. The van der Waals surface area contributed by atoms with Crippen LogP contribution in [-0.2, 0) is 9.59 Å². The fourth-order valence-electron chi connectivity index (χ4n) is 1.92. The lowest BCUT2D eigenvalue weighted by atomic mass is 10.2. The van der Waals surface area contributed by atoms with Crippen LogP contribution in [0.2, 0.25) is 0 Å². The first kappa shape index (κ1) is 13.0. The molecule has 0 heterocycles. The lowest BCUT2D eigenvalue weighted by Gasteiger charge is -2.11. The number of nitrogens with two attached hydrogens (primary N) is 1. The van der Waals surface area contributed by atoms with Crippen molar-refractivity contribution in [3.05, 3.63) is 0 Å². The van der Waals surface area contributed by atoms with Gasteiger partial charge in [0.2, 0.25) is 11.8 Å². The first-order valence-corrected chi connectivity index (χ1v) is 5.97. The van der Waals surface area contributed by atoms with Crippen LogP contribution in [0.25, 0.3) is 0 Å². The van der Waals surface area contributed by atoms with Gasteiger partial charge in [-0.2, -0.15) is 0 Å². The topological polar surface area (TPSA) is 84.2 Å². The van der Waals surface area contributed by atoms with Gasteiger partial charge in [0, 0.05) is 19.0 Å². The Morgan fingerprint density at radius 1 is 1.25 bits per heavy atom. The summed E-state index contributed by atoms with van der Waals surface area (Å²) in [5.74, 6) is -0.324. The summed E-state index contributed by atoms with van der Waals surface area (Å²) < 4.78 is 0. The summed E-state index contributed by atoms with van der Waals surface area (Å²) in [5.41, 5.74) is 4.99. The summed E-state index contributed by atoms with van der Waals surface area (Å²) in [6.45, 7) is 0.898. The third-order valence-electron chi connectivity index (χ3n) is 2.83. The van der Waals surface area contributed by atoms with Gasteiger partial charge in [-0.25, -0.2) is 0 Å². The van der Waals surface area contributed by atoms with Gasteiger partial charge >= 0.3 is 0 Å². The van der Waals surface area contributed by atoms with Crippen LogP contribution in [0, 0.1) is 0 Å². The molecule has 0 radical (unpaired) electrons. The molecule has 0 unspecified atom stereocenters. The Balaban J connectivity index is 1.95. The van der Waals surface area contributed by atoms with E-state index in [1.54, 1.807) is 0 Å². The van der Waals surface area contributed by atoms with E-state index in [0.29, 0.717) is 32.0 Å². The highest BCUT2D eigenvalue weighted by Crippen LogP contribution is 2.17. The average Bonchev–Trinajstić information content (AvgIpc) is 2.74. The molecule has 1 aliphatic carbocycles. The second-order valence-electron chi connectivity index (χ2n) is 4.28. The summed E-state index contributed by atoms with van der Waals surface area (Å²) >= 11 is 0.